The van der Waals surface area contributed by atoms with Gasteiger partial charge in [-0.05, 0) is 12.0 Å². The number of benzene rings is 1. The topological polar surface area (TPSA) is 75.3 Å². The lowest BCUT2D eigenvalue weighted by Crippen LogP contribution is -2.35. The Morgan fingerprint density at radius 1 is 1.39 bits per heavy atom. The number of nitrogen functional groups attached to an aromatic ring is 1. The molecule has 1 amide bonds. The number of nitrogens with two attached hydrogens (primary N) is 1. The molecule has 0 fully saturated rings. The fourth-order valence-corrected chi connectivity index (χ4v) is 1.27. The number of carbonyl (C=O) groups excluding carboxylic acids is 1. The molecule has 0 saturated carbocycles. The van der Waals surface area contributed by atoms with Crippen LogP contribution < -0.4 is 11.1 Å². The molecule has 1 unspecified atom stereocenters. The Kier molecular flexibility index (Phi) is 4.61. The lowest BCUT2D eigenvalue weighted by Gasteiger charge is -2.15. The predicted octanol–water partition coefficient (Wildman–Crippen LogP) is 1.29. The minimum Gasteiger partial charge on any atom is -0.396 e. The molecule has 4 N–H and O–H groups in total. The molecule has 0 heterocycles. The average Bonchev–Trinajstić information content (AvgIpc) is 2.30. The maximum atomic E-state index is 13.3. The van der Waals surface area contributed by atoms with Gasteiger partial charge in [-0.2, -0.15) is 0 Å². The molecule has 0 aliphatic carbocycles. The number of halogens is 2. The number of carbonyl (C=O) groups is 1. The zero-order chi connectivity index (χ0) is 13.9. The molecule has 0 aliphatic rings. The number of aliphatic hydroxyl groups is 1. The molecule has 1 atom stereocenters. The molecule has 4 nitrogen and oxygen atoms in total. The zero-order valence-electron chi connectivity index (χ0n) is 10.2. The largest absolute Gasteiger partial charge is 0.396 e. The molecular formula is C12H16F2N2O2. The number of nitrogens with one attached hydrogen (secondary N) is 1. The molecular weight excluding hydrogens is 242 g/mol. The maximum Gasteiger partial charge on any atom is 0.254 e. The van der Waals surface area contributed by atoms with E-state index < -0.39 is 23.6 Å². The Morgan fingerprint density at radius 2 is 2.00 bits per heavy atom. The highest BCUT2D eigenvalue weighted by atomic mass is 19.1. The molecule has 0 spiro atoms. The Labute approximate surface area is 104 Å². The summed E-state index contributed by atoms with van der Waals surface area (Å²) < 4.78 is 26.3. The summed E-state index contributed by atoms with van der Waals surface area (Å²) >= 11 is 0. The second-order valence-corrected chi connectivity index (χ2v) is 4.37. The molecule has 0 radical (unpaired) electrons. The second-order valence-electron chi connectivity index (χ2n) is 4.37. The van der Waals surface area contributed by atoms with E-state index in [4.69, 9.17) is 5.73 Å². The lowest BCUT2D eigenvalue weighted by molar-refractivity contribution is 0.0868. The molecule has 0 bridgehead atoms. The molecule has 1 aromatic carbocycles. The van der Waals surface area contributed by atoms with Crippen molar-refractivity contribution < 1.29 is 18.7 Å². The van der Waals surface area contributed by atoms with Crippen LogP contribution >= 0.6 is 0 Å². The van der Waals surface area contributed by atoms with Gasteiger partial charge in [0, 0.05) is 12.6 Å². The minimum absolute atomic E-state index is 0.00673. The fraction of sp³-hybridized carbons (Fsp3) is 0.417. The van der Waals surface area contributed by atoms with Gasteiger partial charge in [-0.15, -0.1) is 0 Å². The first-order chi connectivity index (χ1) is 8.32. The van der Waals surface area contributed by atoms with Crippen molar-refractivity contribution >= 4 is 11.6 Å². The van der Waals surface area contributed by atoms with Gasteiger partial charge in [0.05, 0.1) is 17.4 Å². The predicted molar refractivity (Wildman–Crippen MR) is 63.9 cm³/mol. The van der Waals surface area contributed by atoms with Crippen molar-refractivity contribution in [2.75, 3.05) is 12.3 Å². The van der Waals surface area contributed by atoms with E-state index in [1.54, 1.807) is 13.8 Å². The monoisotopic (exact) mass is 258 g/mol. The summed E-state index contributed by atoms with van der Waals surface area (Å²) in [6, 6.07) is 1.49. The van der Waals surface area contributed by atoms with E-state index in [0.717, 1.165) is 6.07 Å². The van der Waals surface area contributed by atoms with Crippen molar-refractivity contribution in [3.05, 3.63) is 29.3 Å². The highest BCUT2D eigenvalue weighted by Gasteiger charge is 2.16. The van der Waals surface area contributed by atoms with Crippen molar-refractivity contribution in [2.45, 2.75) is 20.0 Å². The Balaban J connectivity index is 2.76. The second kappa shape index (κ2) is 5.77. The summed E-state index contributed by atoms with van der Waals surface area (Å²) in [7, 11) is 0. The number of amides is 1. The maximum absolute atomic E-state index is 13.3. The fourth-order valence-electron chi connectivity index (χ4n) is 1.27. The van der Waals surface area contributed by atoms with Crippen molar-refractivity contribution in [3.8, 4) is 0 Å². The standard InChI is InChI=1S/C12H16F2N2O2/c1-6(2)11(17)5-16-12(18)7-3-10(15)9(14)4-8(7)13/h3-4,6,11,17H,5,15H2,1-2H3,(H,16,18). The smallest absolute Gasteiger partial charge is 0.254 e. The third kappa shape index (κ3) is 3.40. The quantitative estimate of drug-likeness (QED) is 0.712. The third-order valence-corrected chi connectivity index (χ3v) is 2.57. The molecule has 6 heteroatoms. The summed E-state index contributed by atoms with van der Waals surface area (Å²) in [6.07, 6.45) is -0.727. The van der Waals surface area contributed by atoms with E-state index in [1.165, 1.54) is 0 Å². The van der Waals surface area contributed by atoms with Gasteiger partial charge in [0.1, 0.15) is 11.6 Å². The first kappa shape index (κ1) is 14.4. The van der Waals surface area contributed by atoms with Crippen LogP contribution in [-0.4, -0.2) is 23.7 Å². The van der Waals surface area contributed by atoms with Crippen molar-refractivity contribution in [3.63, 3.8) is 0 Å². The van der Waals surface area contributed by atoms with Gasteiger partial charge in [0.15, 0.2) is 0 Å². The highest BCUT2D eigenvalue weighted by molar-refractivity contribution is 5.95. The van der Waals surface area contributed by atoms with Crippen molar-refractivity contribution in [1.82, 2.24) is 5.32 Å². The van der Waals surface area contributed by atoms with E-state index in [-0.39, 0.29) is 23.7 Å². The van der Waals surface area contributed by atoms with Gasteiger partial charge in [-0.1, -0.05) is 13.8 Å². The summed E-state index contributed by atoms with van der Waals surface area (Å²) in [6.45, 7) is 3.56. The number of rotatable bonds is 4. The van der Waals surface area contributed by atoms with Gasteiger partial charge in [-0.25, -0.2) is 8.78 Å². The molecule has 0 aromatic heterocycles. The molecule has 0 saturated heterocycles. The molecule has 100 valence electrons. The van der Waals surface area contributed by atoms with Crippen LogP contribution in [0.3, 0.4) is 0 Å². The van der Waals surface area contributed by atoms with E-state index >= 15 is 0 Å². The summed E-state index contributed by atoms with van der Waals surface area (Å²) in [5.41, 5.74) is 4.62. The van der Waals surface area contributed by atoms with Crippen LogP contribution in [-0.2, 0) is 0 Å². The number of aliphatic hydroxyl groups excluding tert-OH is 1. The van der Waals surface area contributed by atoms with Crippen molar-refractivity contribution in [2.24, 2.45) is 5.92 Å². The van der Waals surface area contributed by atoms with Gasteiger partial charge >= 0.3 is 0 Å². The van der Waals surface area contributed by atoms with Crippen LogP contribution in [0.1, 0.15) is 24.2 Å². The first-order valence-electron chi connectivity index (χ1n) is 5.53. The molecule has 18 heavy (non-hydrogen) atoms. The average molecular weight is 258 g/mol. The Hall–Kier alpha value is -1.69. The van der Waals surface area contributed by atoms with Crippen LogP contribution in [0.4, 0.5) is 14.5 Å². The number of hydrogen-bond donors (Lipinski definition) is 3. The number of anilines is 1. The lowest BCUT2D eigenvalue weighted by atomic mass is 10.1. The third-order valence-electron chi connectivity index (χ3n) is 2.57. The summed E-state index contributed by atoms with van der Waals surface area (Å²) in [5, 5.41) is 11.9. The van der Waals surface area contributed by atoms with Crippen LogP contribution in [0.25, 0.3) is 0 Å². The Bertz CT molecular complexity index is 450. The Morgan fingerprint density at radius 3 is 2.56 bits per heavy atom. The van der Waals surface area contributed by atoms with Gasteiger partial charge in [0.25, 0.3) is 5.91 Å². The van der Waals surface area contributed by atoms with E-state index in [0.29, 0.717) is 6.07 Å². The SMILES string of the molecule is CC(C)C(O)CNC(=O)c1cc(N)c(F)cc1F. The number of hydrogen-bond acceptors (Lipinski definition) is 3. The van der Waals surface area contributed by atoms with Crippen LogP contribution in [0.2, 0.25) is 0 Å². The van der Waals surface area contributed by atoms with E-state index in [9.17, 15) is 18.7 Å². The normalized spacial score (nSPS) is 12.6. The van der Waals surface area contributed by atoms with Gasteiger partial charge in [0.2, 0.25) is 0 Å². The summed E-state index contributed by atoms with van der Waals surface area (Å²) in [5.74, 6) is -2.67. The minimum atomic E-state index is -0.988. The zero-order valence-corrected chi connectivity index (χ0v) is 10.2. The van der Waals surface area contributed by atoms with Gasteiger partial charge < -0.3 is 16.2 Å². The van der Waals surface area contributed by atoms with Crippen LogP contribution in [0.5, 0.6) is 0 Å². The summed E-state index contributed by atoms with van der Waals surface area (Å²) in [4.78, 5) is 11.6. The highest BCUT2D eigenvalue weighted by Crippen LogP contribution is 2.16. The van der Waals surface area contributed by atoms with E-state index in [2.05, 4.69) is 5.32 Å². The molecule has 1 aromatic rings. The molecule has 0 aliphatic heterocycles. The van der Waals surface area contributed by atoms with Crippen LogP contribution in [0.15, 0.2) is 12.1 Å². The van der Waals surface area contributed by atoms with Crippen LogP contribution in [0, 0.1) is 17.6 Å². The van der Waals surface area contributed by atoms with Gasteiger partial charge in [-0.3, -0.25) is 4.79 Å². The van der Waals surface area contributed by atoms with Crippen molar-refractivity contribution in [1.29, 1.82) is 0 Å². The first-order valence-corrected chi connectivity index (χ1v) is 5.53. The molecule has 1 rings (SSSR count). The van der Waals surface area contributed by atoms with E-state index in [1.807, 2.05) is 0 Å².